The lowest BCUT2D eigenvalue weighted by atomic mass is 10.2. The quantitative estimate of drug-likeness (QED) is 0.781. The van der Waals surface area contributed by atoms with Gasteiger partial charge in [-0.1, -0.05) is 11.6 Å². The maximum Gasteiger partial charge on any atom is 0.206 e. The summed E-state index contributed by atoms with van der Waals surface area (Å²) >= 11 is 6.20. The molecule has 6 heteroatoms. The summed E-state index contributed by atoms with van der Waals surface area (Å²) < 4.78 is 2.15. The van der Waals surface area contributed by atoms with Crippen molar-refractivity contribution < 1.29 is 0 Å². The van der Waals surface area contributed by atoms with Crippen molar-refractivity contribution in [2.24, 2.45) is 0 Å². The predicted octanol–water partition coefficient (Wildman–Crippen LogP) is 2.93. The van der Waals surface area contributed by atoms with E-state index in [1.54, 1.807) is 0 Å². The zero-order valence-electron chi connectivity index (χ0n) is 10.6. The van der Waals surface area contributed by atoms with E-state index in [9.17, 15) is 0 Å². The highest BCUT2D eigenvalue weighted by molar-refractivity contribution is 6.33. The zero-order valence-corrected chi connectivity index (χ0v) is 11.3. The standard InChI is InChI=1S/C13H12ClN5/c1-8-3-4-9(2)19(8)10-5-6-12(14)11(7-10)13-15-17-18-16-13/h3-7H,1-2H3,(H,15,16,17,18). The van der Waals surface area contributed by atoms with Crippen molar-refractivity contribution in [3.8, 4) is 17.1 Å². The summed E-state index contributed by atoms with van der Waals surface area (Å²) in [6, 6.07) is 9.95. The Balaban J connectivity index is 2.18. The first-order valence-electron chi connectivity index (χ1n) is 5.85. The second-order valence-electron chi connectivity index (χ2n) is 4.35. The van der Waals surface area contributed by atoms with E-state index >= 15 is 0 Å². The second kappa shape index (κ2) is 4.51. The number of tetrazole rings is 1. The van der Waals surface area contributed by atoms with Gasteiger partial charge in [-0.15, -0.1) is 10.2 Å². The van der Waals surface area contributed by atoms with Crippen LogP contribution in [0.25, 0.3) is 17.1 Å². The fourth-order valence-corrected chi connectivity index (χ4v) is 2.38. The van der Waals surface area contributed by atoms with E-state index < -0.39 is 0 Å². The van der Waals surface area contributed by atoms with Gasteiger partial charge in [-0.25, -0.2) is 0 Å². The van der Waals surface area contributed by atoms with Crippen LogP contribution in [0, 0.1) is 13.8 Å². The van der Waals surface area contributed by atoms with Gasteiger partial charge >= 0.3 is 0 Å². The first-order valence-corrected chi connectivity index (χ1v) is 6.23. The number of nitrogens with one attached hydrogen (secondary N) is 1. The molecule has 0 radical (unpaired) electrons. The minimum absolute atomic E-state index is 0.495. The van der Waals surface area contributed by atoms with Crippen molar-refractivity contribution >= 4 is 11.6 Å². The topological polar surface area (TPSA) is 59.4 Å². The molecule has 3 aromatic rings. The molecule has 0 unspecified atom stereocenters. The Morgan fingerprint density at radius 2 is 1.84 bits per heavy atom. The Morgan fingerprint density at radius 3 is 2.47 bits per heavy atom. The number of rotatable bonds is 2. The van der Waals surface area contributed by atoms with Crippen LogP contribution in [0.2, 0.25) is 5.02 Å². The van der Waals surface area contributed by atoms with E-state index in [-0.39, 0.29) is 0 Å². The maximum absolute atomic E-state index is 6.20. The molecule has 0 bridgehead atoms. The second-order valence-corrected chi connectivity index (χ2v) is 4.76. The number of nitrogens with zero attached hydrogens (tertiary/aromatic N) is 4. The van der Waals surface area contributed by atoms with Crippen LogP contribution in [0.4, 0.5) is 0 Å². The van der Waals surface area contributed by atoms with Gasteiger partial charge in [0.25, 0.3) is 0 Å². The molecule has 1 N–H and O–H groups in total. The number of halogens is 1. The van der Waals surface area contributed by atoms with Crippen LogP contribution in [0.5, 0.6) is 0 Å². The Labute approximate surface area is 115 Å². The first-order chi connectivity index (χ1) is 9.16. The van der Waals surface area contributed by atoms with Crippen LogP contribution in [-0.2, 0) is 0 Å². The van der Waals surface area contributed by atoms with Crippen LogP contribution < -0.4 is 0 Å². The molecule has 2 aromatic heterocycles. The molecule has 96 valence electrons. The Hall–Kier alpha value is -2.14. The molecule has 0 aliphatic carbocycles. The number of hydrogen-bond donors (Lipinski definition) is 1. The third-order valence-corrected chi connectivity index (χ3v) is 3.40. The number of hydrogen-bond acceptors (Lipinski definition) is 3. The molecular weight excluding hydrogens is 262 g/mol. The molecule has 19 heavy (non-hydrogen) atoms. The summed E-state index contributed by atoms with van der Waals surface area (Å²) in [5.41, 5.74) is 4.13. The minimum Gasteiger partial charge on any atom is -0.318 e. The molecule has 5 nitrogen and oxygen atoms in total. The van der Waals surface area contributed by atoms with Crippen LogP contribution in [0.1, 0.15) is 11.4 Å². The van der Waals surface area contributed by atoms with Gasteiger partial charge in [0.1, 0.15) is 0 Å². The third kappa shape index (κ3) is 2.02. The highest BCUT2D eigenvalue weighted by Crippen LogP contribution is 2.28. The number of H-pyrrole nitrogens is 1. The van der Waals surface area contributed by atoms with Crippen molar-refractivity contribution in [1.29, 1.82) is 0 Å². The van der Waals surface area contributed by atoms with Gasteiger partial charge in [0, 0.05) is 22.6 Å². The van der Waals surface area contributed by atoms with Crippen molar-refractivity contribution in [2.45, 2.75) is 13.8 Å². The summed E-state index contributed by atoms with van der Waals surface area (Å²) in [5, 5.41) is 14.6. The number of aromatic amines is 1. The fraction of sp³-hybridized carbons (Fsp3) is 0.154. The molecule has 0 fully saturated rings. The molecule has 3 rings (SSSR count). The van der Waals surface area contributed by atoms with Gasteiger partial charge in [0.2, 0.25) is 5.82 Å². The van der Waals surface area contributed by atoms with Crippen LogP contribution in [-0.4, -0.2) is 25.2 Å². The maximum atomic E-state index is 6.20. The van der Waals surface area contributed by atoms with E-state index in [2.05, 4.69) is 51.2 Å². The average molecular weight is 274 g/mol. The largest absolute Gasteiger partial charge is 0.318 e. The van der Waals surface area contributed by atoms with Gasteiger partial charge in [-0.2, -0.15) is 5.21 Å². The number of aromatic nitrogens is 5. The van der Waals surface area contributed by atoms with E-state index in [0.717, 1.165) is 11.3 Å². The molecule has 0 saturated heterocycles. The van der Waals surface area contributed by atoms with Crippen molar-refractivity contribution in [1.82, 2.24) is 25.2 Å². The van der Waals surface area contributed by atoms with Gasteiger partial charge in [0.15, 0.2) is 0 Å². The molecular formula is C13H12ClN5. The van der Waals surface area contributed by atoms with E-state index in [1.165, 1.54) is 11.4 Å². The Morgan fingerprint density at radius 1 is 1.11 bits per heavy atom. The minimum atomic E-state index is 0.495. The van der Waals surface area contributed by atoms with Crippen LogP contribution in [0.3, 0.4) is 0 Å². The van der Waals surface area contributed by atoms with Gasteiger partial charge in [-0.05, 0) is 49.4 Å². The highest BCUT2D eigenvalue weighted by atomic mass is 35.5. The summed E-state index contributed by atoms with van der Waals surface area (Å²) in [6.07, 6.45) is 0. The monoisotopic (exact) mass is 273 g/mol. The Bertz CT molecular complexity index is 695. The predicted molar refractivity (Wildman–Crippen MR) is 73.4 cm³/mol. The van der Waals surface area contributed by atoms with Crippen LogP contribution in [0.15, 0.2) is 30.3 Å². The molecule has 0 spiro atoms. The molecule has 0 amide bonds. The van der Waals surface area contributed by atoms with Crippen molar-refractivity contribution in [3.63, 3.8) is 0 Å². The number of aryl methyl sites for hydroxylation is 2. The summed E-state index contributed by atoms with van der Waals surface area (Å²) in [6.45, 7) is 4.13. The Kier molecular flexibility index (Phi) is 2.83. The fourth-order valence-electron chi connectivity index (χ4n) is 2.18. The average Bonchev–Trinajstić information content (AvgIpc) is 3.02. The lowest BCUT2D eigenvalue weighted by Crippen LogP contribution is -1.99. The molecule has 0 atom stereocenters. The zero-order chi connectivity index (χ0) is 13.4. The van der Waals surface area contributed by atoms with E-state index in [0.29, 0.717) is 10.8 Å². The summed E-state index contributed by atoms with van der Waals surface area (Å²) in [4.78, 5) is 0. The van der Waals surface area contributed by atoms with Crippen LogP contribution >= 0.6 is 11.6 Å². The van der Waals surface area contributed by atoms with Crippen molar-refractivity contribution in [2.75, 3.05) is 0 Å². The van der Waals surface area contributed by atoms with Crippen molar-refractivity contribution in [3.05, 3.63) is 46.7 Å². The van der Waals surface area contributed by atoms with E-state index in [4.69, 9.17) is 11.6 Å². The number of benzene rings is 1. The van der Waals surface area contributed by atoms with Gasteiger partial charge in [0.05, 0.1) is 5.02 Å². The van der Waals surface area contributed by atoms with Gasteiger partial charge in [-0.3, -0.25) is 0 Å². The lowest BCUT2D eigenvalue weighted by molar-refractivity contribution is 0.881. The summed E-state index contributed by atoms with van der Waals surface area (Å²) in [7, 11) is 0. The normalized spacial score (nSPS) is 10.9. The lowest BCUT2D eigenvalue weighted by Gasteiger charge is -2.11. The molecule has 0 aliphatic heterocycles. The van der Waals surface area contributed by atoms with Gasteiger partial charge < -0.3 is 4.57 Å². The van der Waals surface area contributed by atoms with E-state index in [1.807, 2.05) is 18.2 Å². The molecule has 1 aromatic carbocycles. The smallest absolute Gasteiger partial charge is 0.206 e. The highest BCUT2D eigenvalue weighted by Gasteiger charge is 2.11. The third-order valence-electron chi connectivity index (χ3n) is 3.07. The molecule has 0 saturated carbocycles. The SMILES string of the molecule is Cc1ccc(C)n1-c1ccc(Cl)c(-c2nn[nH]n2)c1. The molecule has 0 aliphatic rings. The first kappa shape index (κ1) is 11.9. The summed E-state index contributed by atoms with van der Waals surface area (Å²) in [5.74, 6) is 0.495. The molecule has 2 heterocycles.